The molecular formula is C26H27N5O4. The minimum Gasteiger partial charge on any atom is -0.438 e. The number of nitrogens with one attached hydrogen (secondary N) is 1. The van der Waals surface area contributed by atoms with Crippen LogP contribution in [0.5, 0.6) is 0 Å². The monoisotopic (exact) mass is 473 g/mol. The van der Waals surface area contributed by atoms with Gasteiger partial charge in [0, 0.05) is 43.7 Å². The van der Waals surface area contributed by atoms with Crippen LogP contribution in [0.4, 0.5) is 17.5 Å². The molecule has 9 heteroatoms. The van der Waals surface area contributed by atoms with Crippen molar-refractivity contribution in [2.75, 3.05) is 36.5 Å². The molecule has 4 heterocycles. The average molecular weight is 474 g/mol. The van der Waals surface area contributed by atoms with Crippen molar-refractivity contribution >= 4 is 45.3 Å². The second kappa shape index (κ2) is 8.81. The molecule has 0 unspecified atom stereocenters. The van der Waals surface area contributed by atoms with E-state index in [-0.39, 0.29) is 17.3 Å². The number of anilines is 3. The number of fused-ring (bicyclic) bond motifs is 2. The van der Waals surface area contributed by atoms with Crippen LogP contribution in [0.1, 0.15) is 49.1 Å². The quantitative estimate of drug-likeness (QED) is 0.425. The van der Waals surface area contributed by atoms with Crippen LogP contribution in [0.3, 0.4) is 0 Å². The van der Waals surface area contributed by atoms with Crippen LogP contribution in [0.25, 0.3) is 22.0 Å². The maximum absolute atomic E-state index is 12.9. The Labute approximate surface area is 201 Å². The largest absolute Gasteiger partial charge is 0.438 e. The van der Waals surface area contributed by atoms with E-state index in [1.165, 1.54) is 6.07 Å². The normalized spacial score (nSPS) is 16.9. The van der Waals surface area contributed by atoms with Gasteiger partial charge in [0.05, 0.1) is 30.0 Å². The Hall–Kier alpha value is -3.72. The molecule has 1 saturated heterocycles. The molecule has 1 aromatic carbocycles. The first-order chi connectivity index (χ1) is 17.1. The van der Waals surface area contributed by atoms with Crippen molar-refractivity contribution in [3.63, 3.8) is 0 Å². The van der Waals surface area contributed by atoms with Crippen LogP contribution in [-0.2, 0) is 4.74 Å². The average Bonchev–Trinajstić information content (AvgIpc) is 3.52. The molecule has 0 spiro atoms. The Morgan fingerprint density at radius 1 is 1.14 bits per heavy atom. The van der Waals surface area contributed by atoms with Crippen molar-refractivity contribution in [1.82, 2.24) is 14.5 Å². The van der Waals surface area contributed by atoms with Gasteiger partial charge in [-0.3, -0.25) is 9.59 Å². The van der Waals surface area contributed by atoms with Gasteiger partial charge in [0.1, 0.15) is 5.65 Å². The van der Waals surface area contributed by atoms with Gasteiger partial charge in [0.25, 0.3) is 0 Å². The van der Waals surface area contributed by atoms with E-state index < -0.39 is 0 Å². The fourth-order valence-corrected chi connectivity index (χ4v) is 5.19. The maximum Gasteiger partial charge on any atom is 0.229 e. The number of nitrogens with zero attached hydrogens (tertiary/aromatic N) is 4. The van der Waals surface area contributed by atoms with Gasteiger partial charge < -0.3 is 23.9 Å². The molecule has 4 aromatic rings. The van der Waals surface area contributed by atoms with E-state index in [1.54, 1.807) is 19.2 Å². The summed E-state index contributed by atoms with van der Waals surface area (Å²) in [6, 6.07) is 9.09. The Balaban J connectivity index is 1.42. The number of carbonyl (C=O) groups is 1. The van der Waals surface area contributed by atoms with Crippen molar-refractivity contribution in [2.45, 2.75) is 38.6 Å². The number of rotatable bonds is 5. The van der Waals surface area contributed by atoms with E-state index in [1.807, 2.05) is 23.1 Å². The van der Waals surface area contributed by atoms with Crippen LogP contribution in [-0.4, -0.2) is 46.6 Å². The lowest BCUT2D eigenvalue weighted by molar-refractivity contribution is 0.100. The zero-order chi connectivity index (χ0) is 23.9. The molecule has 1 aliphatic heterocycles. The second-order valence-electron chi connectivity index (χ2n) is 9.22. The minimum atomic E-state index is -0.103. The molecule has 180 valence electrons. The third-order valence-electron chi connectivity index (χ3n) is 6.94. The van der Waals surface area contributed by atoms with Gasteiger partial charge in [-0.05, 0) is 31.0 Å². The Morgan fingerprint density at radius 2 is 1.94 bits per heavy atom. The van der Waals surface area contributed by atoms with E-state index in [2.05, 4.69) is 14.9 Å². The van der Waals surface area contributed by atoms with Crippen LogP contribution in [0.2, 0.25) is 0 Å². The molecule has 0 atom stereocenters. The van der Waals surface area contributed by atoms with E-state index >= 15 is 0 Å². The number of hydrogen-bond donors (Lipinski definition) is 1. The molecule has 1 saturated carbocycles. The van der Waals surface area contributed by atoms with Crippen LogP contribution in [0.15, 0.2) is 45.7 Å². The lowest BCUT2D eigenvalue weighted by Gasteiger charge is -2.27. The Bertz CT molecular complexity index is 1480. The number of aromatic nitrogens is 3. The van der Waals surface area contributed by atoms with E-state index in [0.717, 1.165) is 36.7 Å². The topological polar surface area (TPSA) is 102 Å². The van der Waals surface area contributed by atoms with Gasteiger partial charge in [-0.2, -0.15) is 4.98 Å². The Kier molecular flexibility index (Phi) is 5.49. The zero-order valence-corrected chi connectivity index (χ0v) is 19.6. The van der Waals surface area contributed by atoms with Crippen molar-refractivity contribution in [1.29, 1.82) is 0 Å². The van der Waals surface area contributed by atoms with E-state index in [0.29, 0.717) is 60.5 Å². The molecule has 35 heavy (non-hydrogen) atoms. The molecule has 1 aliphatic carbocycles. The third kappa shape index (κ3) is 3.95. The summed E-state index contributed by atoms with van der Waals surface area (Å²) in [6.45, 7) is 4.12. The van der Waals surface area contributed by atoms with Crippen LogP contribution < -0.4 is 15.6 Å². The van der Waals surface area contributed by atoms with Crippen molar-refractivity contribution in [3.8, 4) is 0 Å². The lowest BCUT2D eigenvalue weighted by atomic mass is 10.2. The van der Waals surface area contributed by atoms with Crippen LogP contribution >= 0.6 is 0 Å². The highest BCUT2D eigenvalue weighted by Gasteiger charge is 2.24. The highest BCUT2D eigenvalue weighted by atomic mass is 16.5. The van der Waals surface area contributed by atoms with E-state index in [9.17, 15) is 9.59 Å². The molecule has 0 amide bonds. The first-order valence-electron chi connectivity index (χ1n) is 12.1. The van der Waals surface area contributed by atoms with Gasteiger partial charge in [-0.15, -0.1) is 0 Å². The number of ether oxygens (including phenoxy) is 1. The summed E-state index contributed by atoms with van der Waals surface area (Å²) in [7, 11) is 0. The number of benzene rings is 1. The van der Waals surface area contributed by atoms with Crippen molar-refractivity contribution in [2.24, 2.45) is 0 Å². The summed E-state index contributed by atoms with van der Waals surface area (Å²) < 4.78 is 13.7. The van der Waals surface area contributed by atoms with Gasteiger partial charge in [0.2, 0.25) is 5.95 Å². The number of morpholine rings is 1. The molecule has 1 N–H and O–H groups in total. The summed E-state index contributed by atoms with van der Waals surface area (Å²) >= 11 is 0. The predicted molar refractivity (Wildman–Crippen MR) is 134 cm³/mol. The molecular weight excluding hydrogens is 446 g/mol. The highest BCUT2D eigenvalue weighted by Crippen LogP contribution is 2.35. The number of para-hydroxylation sites is 1. The third-order valence-corrected chi connectivity index (χ3v) is 6.94. The number of ketones is 1. The first kappa shape index (κ1) is 21.8. The number of Topliss-reactive ketones (excluding diaryl/α,β-unsaturated/α-hetero) is 1. The summed E-state index contributed by atoms with van der Waals surface area (Å²) in [5, 5.41) is 4.58. The zero-order valence-electron chi connectivity index (χ0n) is 19.6. The lowest BCUT2D eigenvalue weighted by Crippen LogP contribution is -2.36. The summed E-state index contributed by atoms with van der Waals surface area (Å²) in [6.07, 6.45) is 6.12. The molecule has 0 radical (unpaired) electrons. The van der Waals surface area contributed by atoms with Gasteiger partial charge in [0.15, 0.2) is 22.7 Å². The predicted octanol–water partition coefficient (Wildman–Crippen LogP) is 4.44. The molecule has 2 fully saturated rings. The van der Waals surface area contributed by atoms with E-state index in [4.69, 9.17) is 14.1 Å². The number of carbonyl (C=O) groups excluding carboxylic acids is 1. The van der Waals surface area contributed by atoms with Crippen LogP contribution in [0, 0.1) is 0 Å². The number of hydrogen-bond acceptors (Lipinski definition) is 8. The fraction of sp³-hybridized carbons (Fsp3) is 0.385. The summed E-state index contributed by atoms with van der Waals surface area (Å²) in [5.74, 6) is 0.936. The maximum atomic E-state index is 12.9. The van der Waals surface area contributed by atoms with Gasteiger partial charge >= 0.3 is 0 Å². The molecule has 2 aliphatic rings. The molecule has 0 bridgehead atoms. The smallest absolute Gasteiger partial charge is 0.229 e. The SMILES string of the molecule is CC(=O)c1cc2cnc(Nc3cccc4c(=O)cc(N5CCOCC5)oc34)nc2n1C1CCCC1. The van der Waals surface area contributed by atoms with Gasteiger partial charge in [-0.1, -0.05) is 18.9 Å². The fourth-order valence-electron chi connectivity index (χ4n) is 5.19. The van der Waals surface area contributed by atoms with Crippen molar-refractivity contribution < 1.29 is 13.9 Å². The highest BCUT2D eigenvalue weighted by molar-refractivity contribution is 5.98. The van der Waals surface area contributed by atoms with Crippen molar-refractivity contribution in [3.05, 3.63) is 52.4 Å². The summed E-state index contributed by atoms with van der Waals surface area (Å²) in [5.41, 5.74) is 2.38. The van der Waals surface area contributed by atoms with Gasteiger partial charge in [-0.25, -0.2) is 4.98 Å². The first-order valence-corrected chi connectivity index (χ1v) is 12.1. The minimum absolute atomic E-state index is 0.0240. The standard InChI is InChI=1S/C26H27N5O4/c1-16(32)21-13-17-15-27-26(29-25(17)31(21)18-5-2-3-6-18)28-20-8-4-7-19-22(33)14-23(35-24(19)20)30-9-11-34-12-10-30/h4,7-8,13-15,18H,2-3,5-6,9-12H2,1H3,(H,27,28,29). The second-order valence-corrected chi connectivity index (χ2v) is 9.22. The molecule has 9 nitrogen and oxygen atoms in total. The molecule has 3 aromatic heterocycles. The summed E-state index contributed by atoms with van der Waals surface area (Å²) in [4.78, 5) is 36.5. The Morgan fingerprint density at radius 3 is 2.71 bits per heavy atom. The molecule has 6 rings (SSSR count).